The van der Waals surface area contributed by atoms with Crippen LogP contribution in [-0.2, 0) is 0 Å². The van der Waals surface area contributed by atoms with E-state index in [1.807, 2.05) is 6.07 Å². The van der Waals surface area contributed by atoms with Crippen molar-refractivity contribution in [2.24, 2.45) is 0 Å². The number of rotatable bonds is 0. The minimum absolute atomic E-state index is 0.347. The second-order valence-corrected chi connectivity index (χ2v) is 2.70. The number of fused-ring (bicyclic) bond motifs is 3. The molecular formula is C7H6N6. The van der Waals surface area contributed by atoms with E-state index >= 15 is 0 Å². The fraction of sp³-hybridized carbons (Fsp3) is 0. The lowest BCUT2D eigenvalue weighted by Gasteiger charge is -1.97. The van der Waals surface area contributed by atoms with Crippen LogP contribution >= 0.6 is 0 Å². The average Bonchev–Trinajstić information content (AvgIpc) is 2.66. The summed E-state index contributed by atoms with van der Waals surface area (Å²) in [6, 6.07) is 1.86. The monoisotopic (exact) mass is 174 g/mol. The first-order valence-corrected chi connectivity index (χ1v) is 3.78. The normalized spacial score (nSPS) is 11.4. The molecule has 0 aliphatic rings. The van der Waals surface area contributed by atoms with Gasteiger partial charge < -0.3 is 10.7 Å². The summed E-state index contributed by atoms with van der Waals surface area (Å²) >= 11 is 0. The van der Waals surface area contributed by atoms with Crippen LogP contribution in [0.5, 0.6) is 0 Å². The molecule has 0 fully saturated rings. The molecule has 0 saturated carbocycles. The van der Waals surface area contributed by atoms with Crippen LogP contribution in [0.15, 0.2) is 18.6 Å². The molecule has 13 heavy (non-hydrogen) atoms. The van der Waals surface area contributed by atoms with Crippen molar-refractivity contribution in [3.63, 3.8) is 0 Å². The van der Waals surface area contributed by atoms with E-state index in [-0.39, 0.29) is 0 Å². The van der Waals surface area contributed by atoms with Crippen LogP contribution in [0.4, 0.5) is 5.95 Å². The van der Waals surface area contributed by atoms with E-state index in [0.29, 0.717) is 11.6 Å². The highest BCUT2D eigenvalue weighted by molar-refractivity contribution is 5.88. The molecule has 3 aromatic rings. The first-order chi connectivity index (χ1) is 6.36. The average molecular weight is 174 g/mol. The molecule has 0 saturated heterocycles. The molecule has 6 nitrogen and oxygen atoms in total. The van der Waals surface area contributed by atoms with E-state index in [1.165, 1.54) is 0 Å². The minimum atomic E-state index is 0.347. The summed E-state index contributed by atoms with van der Waals surface area (Å²) in [6.45, 7) is 0. The lowest BCUT2D eigenvalue weighted by molar-refractivity contribution is 0.948. The summed E-state index contributed by atoms with van der Waals surface area (Å²) in [7, 11) is 0. The van der Waals surface area contributed by atoms with Gasteiger partial charge in [-0.25, -0.2) is 4.98 Å². The lowest BCUT2D eigenvalue weighted by atomic mass is 10.4. The number of nitrogens with zero attached hydrogens (tertiary/aromatic N) is 4. The van der Waals surface area contributed by atoms with Crippen LogP contribution in [-0.4, -0.2) is 24.6 Å². The molecule has 0 spiro atoms. The van der Waals surface area contributed by atoms with E-state index in [1.54, 1.807) is 17.0 Å². The van der Waals surface area contributed by atoms with Gasteiger partial charge in [0, 0.05) is 0 Å². The SMILES string of the molecule is Nc1nc2nc[nH]c2c2ccnn12. The molecule has 0 radical (unpaired) electrons. The highest BCUT2D eigenvalue weighted by atomic mass is 15.3. The van der Waals surface area contributed by atoms with E-state index in [9.17, 15) is 0 Å². The zero-order chi connectivity index (χ0) is 8.84. The van der Waals surface area contributed by atoms with Gasteiger partial charge in [0.1, 0.15) is 5.52 Å². The van der Waals surface area contributed by atoms with Gasteiger partial charge in [-0.15, -0.1) is 0 Å². The summed E-state index contributed by atoms with van der Waals surface area (Å²) in [5.74, 6) is 0.347. The first kappa shape index (κ1) is 6.41. The number of anilines is 1. The zero-order valence-electron chi connectivity index (χ0n) is 6.60. The van der Waals surface area contributed by atoms with Crippen molar-refractivity contribution in [2.75, 3.05) is 5.73 Å². The van der Waals surface area contributed by atoms with Crippen molar-refractivity contribution in [1.82, 2.24) is 24.6 Å². The third kappa shape index (κ3) is 0.689. The molecule has 0 aliphatic carbocycles. The van der Waals surface area contributed by atoms with Gasteiger partial charge in [0.2, 0.25) is 5.95 Å². The summed E-state index contributed by atoms with van der Waals surface area (Å²) in [4.78, 5) is 11.1. The Morgan fingerprint density at radius 1 is 1.46 bits per heavy atom. The van der Waals surface area contributed by atoms with Crippen molar-refractivity contribution in [2.45, 2.75) is 0 Å². The van der Waals surface area contributed by atoms with E-state index in [4.69, 9.17) is 5.73 Å². The smallest absolute Gasteiger partial charge is 0.223 e. The maximum absolute atomic E-state index is 5.66. The van der Waals surface area contributed by atoms with Crippen LogP contribution < -0.4 is 5.73 Å². The number of H-pyrrole nitrogens is 1. The summed E-state index contributed by atoms with van der Waals surface area (Å²) in [6.07, 6.45) is 3.26. The summed E-state index contributed by atoms with van der Waals surface area (Å²) < 4.78 is 1.57. The van der Waals surface area contributed by atoms with Crippen molar-refractivity contribution in [3.05, 3.63) is 18.6 Å². The van der Waals surface area contributed by atoms with Crippen LogP contribution in [0.1, 0.15) is 0 Å². The van der Waals surface area contributed by atoms with E-state index in [0.717, 1.165) is 11.0 Å². The molecule has 3 aromatic heterocycles. The van der Waals surface area contributed by atoms with E-state index in [2.05, 4.69) is 20.1 Å². The molecule has 0 aliphatic heterocycles. The van der Waals surface area contributed by atoms with Crippen molar-refractivity contribution in [3.8, 4) is 0 Å². The number of nitrogen functional groups attached to an aromatic ring is 1. The number of aromatic nitrogens is 5. The van der Waals surface area contributed by atoms with Crippen LogP contribution in [0.2, 0.25) is 0 Å². The molecule has 0 atom stereocenters. The van der Waals surface area contributed by atoms with E-state index < -0.39 is 0 Å². The molecule has 3 rings (SSSR count). The fourth-order valence-electron chi connectivity index (χ4n) is 1.39. The fourth-order valence-corrected chi connectivity index (χ4v) is 1.39. The number of nitrogens with one attached hydrogen (secondary N) is 1. The highest BCUT2D eigenvalue weighted by Crippen LogP contribution is 2.15. The third-order valence-electron chi connectivity index (χ3n) is 1.96. The molecular weight excluding hydrogens is 168 g/mol. The van der Waals surface area contributed by atoms with Gasteiger partial charge in [0.05, 0.1) is 18.0 Å². The van der Waals surface area contributed by atoms with Gasteiger partial charge in [0.15, 0.2) is 5.65 Å². The zero-order valence-corrected chi connectivity index (χ0v) is 6.60. The quantitative estimate of drug-likeness (QED) is 0.509. The Hall–Kier alpha value is -2.11. The highest BCUT2D eigenvalue weighted by Gasteiger charge is 2.07. The van der Waals surface area contributed by atoms with Crippen molar-refractivity contribution < 1.29 is 0 Å². The predicted octanol–water partition coefficient (Wildman–Crippen LogP) is 0.188. The molecule has 0 amide bonds. The minimum Gasteiger partial charge on any atom is -0.368 e. The number of imidazole rings is 1. The maximum atomic E-state index is 5.66. The Kier molecular flexibility index (Phi) is 0.974. The predicted molar refractivity (Wildman–Crippen MR) is 47.1 cm³/mol. The Morgan fingerprint density at radius 2 is 2.38 bits per heavy atom. The number of aromatic amines is 1. The largest absolute Gasteiger partial charge is 0.368 e. The lowest BCUT2D eigenvalue weighted by Crippen LogP contribution is -2.01. The molecule has 0 unspecified atom stereocenters. The molecule has 3 heterocycles. The molecule has 0 aromatic carbocycles. The maximum Gasteiger partial charge on any atom is 0.223 e. The Labute approximate surface area is 72.4 Å². The van der Waals surface area contributed by atoms with Crippen LogP contribution in [0, 0.1) is 0 Å². The summed E-state index contributed by atoms with van der Waals surface area (Å²) in [5.41, 5.74) is 8.02. The Morgan fingerprint density at radius 3 is 3.31 bits per heavy atom. The summed E-state index contributed by atoms with van der Waals surface area (Å²) in [5, 5.41) is 4.03. The topological polar surface area (TPSA) is 84.9 Å². The van der Waals surface area contributed by atoms with Gasteiger partial charge in [-0.3, -0.25) is 0 Å². The Balaban J connectivity index is 2.70. The van der Waals surface area contributed by atoms with Gasteiger partial charge in [-0.1, -0.05) is 0 Å². The van der Waals surface area contributed by atoms with Crippen molar-refractivity contribution in [1.29, 1.82) is 0 Å². The number of nitrogens with two attached hydrogens (primary N) is 1. The van der Waals surface area contributed by atoms with Crippen molar-refractivity contribution >= 4 is 22.6 Å². The standard InChI is InChI=1S/C7H6N6/c8-7-12-6-5(9-3-10-6)4-1-2-11-13(4)7/h1-3H,(H2,8,12)(H,9,10). The molecule has 6 heteroatoms. The number of hydrogen-bond donors (Lipinski definition) is 2. The second kappa shape index (κ2) is 1.98. The number of hydrogen-bond acceptors (Lipinski definition) is 4. The van der Waals surface area contributed by atoms with Crippen LogP contribution in [0.25, 0.3) is 16.7 Å². The van der Waals surface area contributed by atoms with Gasteiger partial charge in [-0.2, -0.15) is 14.6 Å². The van der Waals surface area contributed by atoms with Gasteiger partial charge in [0.25, 0.3) is 0 Å². The first-order valence-electron chi connectivity index (χ1n) is 3.78. The molecule has 3 N–H and O–H groups in total. The second-order valence-electron chi connectivity index (χ2n) is 2.70. The molecule has 64 valence electrons. The van der Waals surface area contributed by atoms with Gasteiger partial charge in [-0.05, 0) is 6.07 Å². The van der Waals surface area contributed by atoms with Gasteiger partial charge >= 0.3 is 0 Å². The third-order valence-corrected chi connectivity index (χ3v) is 1.96. The van der Waals surface area contributed by atoms with Crippen LogP contribution in [0.3, 0.4) is 0 Å². The Bertz CT molecular complexity index is 577. The molecule has 0 bridgehead atoms.